The molecule has 1 aliphatic heterocycles. The molecule has 1 saturated heterocycles. The Kier molecular flexibility index (Phi) is 10.8. The fraction of sp³-hybridized carbons (Fsp3) is 0.714. The summed E-state index contributed by atoms with van der Waals surface area (Å²) in [5.74, 6) is -3.95. The van der Waals surface area contributed by atoms with Crippen molar-refractivity contribution < 1.29 is 42.6 Å². The van der Waals surface area contributed by atoms with Crippen LogP contribution in [0.1, 0.15) is 39.5 Å². The normalized spacial score (nSPS) is 21.4. The molecule has 0 aromatic heterocycles. The molecule has 2 amide bonds. The highest BCUT2D eigenvalue weighted by Gasteiger charge is 2.48. The first-order valence-corrected chi connectivity index (χ1v) is 10.9. The number of carboxylic acids is 2. The Balaban J connectivity index is 0.000000675. The number of likely N-dealkylation sites (N-methyl/N-ethyl adjacent to an activating group) is 1. The van der Waals surface area contributed by atoms with Crippen LogP contribution < -0.4 is 0 Å². The van der Waals surface area contributed by atoms with Crippen LogP contribution >= 0.6 is 0 Å². The number of carbonyl (C=O) groups is 4. The molecule has 2 N–H and O–H groups in total. The van der Waals surface area contributed by atoms with Crippen LogP contribution in [0.25, 0.3) is 0 Å². The number of rotatable bonds is 6. The standard InChI is InChI=1S/C19H31N3O4.C2HF3O2/c1-3-21(4-2)16(23)15-20-11-8-12-22(14-13-20)17(24)19(18(25)26)9-6-5-7-10-19;3-2(4,5)1(6)7/h5-6H,3-4,7-15H2,1-2H3,(H,25,26);(H,6,7). The summed E-state index contributed by atoms with van der Waals surface area (Å²) in [6.45, 7) is 8.06. The largest absolute Gasteiger partial charge is 0.490 e. The van der Waals surface area contributed by atoms with Crippen LogP contribution in [0.4, 0.5) is 13.2 Å². The van der Waals surface area contributed by atoms with Crippen molar-refractivity contribution in [3.8, 4) is 0 Å². The first-order valence-electron chi connectivity index (χ1n) is 10.9. The van der Waals surface area contributed by atoms with E-state index in [9.17, 15) is 32.7 Å². The molecule has 0 radical (unpaired) electrons. The topological polar surface area (TPSA) is 118 Å². The highest BCUT2D eigenvalue weighted by atomic mass is 19.4. The number of hydrogen-bond acceptors (Lipinski definition) is 5. The molecule has 2 aliphatic rings. The molecule has 9 nitrogen and oxygen atoms in total. The maximum Gasteiger partial charge on any atom is 0.490 e. The van der Waals surface area contributed by atoms with E-state index in [4.69, 9.17) is 9.90 Å². The van der Waals surface area contributed by atoms with E-state index in [0.29, 0.717) is 52.1 Å². The lowest BCUT2D eigenvalue weighted by atomic mass is 9.75. The van der Waals surface area contributed by atoms with E-state index in [1.54, 1.807) is 4.90 Å². The summed E-state index contributed by atoms with van der Waals surface area (Å²) in [4.78, 5) is 51.6. The van der Waals surface area contributed by atoms with Crippen molar-refractivity contribution in [2.24, 2.45) is 5.41 Å². The summed E-state index contributed by atoms with van der Waals surface area (Å²) >= 11 is 0. The second-order valence-corrected chi connectivity index (χ2v) is 7.89. The van der Waals surface area contributed by atoms with Crippen LogP contribution in [-0.4, -0.2) is 101 Å². The van der Waals surface area contributed by atoms with E-state index in [0.717, 1.165) is 13.0 Å². The van der Waals surface area contributed by atoms with E-state index in [2.05, 4.69) is 4.90 Å². The van der Waals surface area contributed by atoms with Crippen LogP contribution in [0.2, 0.25) is 0 Å². The highest BCUT2D eigenvalue weighted by molar-refractivity contribution is 6.02. The van der Waals surface area contributed by atoms with Gasteiger partial charge >= 0.3 is 18.1 Å². The number of hydrogen-bond donors (Lipinski definition) is 2. The maximum atomic E-state index is 13.0. The van der Waals surface area contributed by atoms with Gasteiger partial charge in [0.15, 0.2) is 0 Å². The molecule has 1 aliphatic carbocycles. The number of halogens is 3. The van der Waals surface area contributed by atoms with Gasteiger partial charge in [0.05, 0.1) is 6.54 Å². The van der Waals surface area contributed by atoms with Crippen molar-refractivity contribution in [2.45, 2.75) is 45.7 Å². The molecule has 0 aromatic carbocycles. The Hall–Kier alpha value is -2.63. The lowest BCUT2D eigenvalue weighted by molar-refractivity contribution is -0.192. The van der Waals surface area contributed by atoms with Gasteiger partial charge < -0.3 is 20.0 Å². The molecule has 1 unspecified atom stereocenters. The predicted molar refractivity (Wildman–Crippen MR) is 112 cm³/mol. The van der Waals surface area contributed by atoms with Crippen molar-refractivity contribution in [1.82, 2.24) is 14.7 Å². The molecule has 33 heavy (non-hydrogen) atoms. The quantitative estimate of drug-likeness (QED) is 0.441. The smallest absolute Gasteiger partial charge is 0.480 e. The molecule has 1 heterocycles. The molecule has 188 valence electrons. The minimum Gasteiger partial charge on any atom is -0.480 e. The number of amides is 2. The molecular weight excluding hydrogens is 447 g/mol. The molecule has 12 heteroatoms. The number of carbonyl (C=O) groups excluding carboxylic acids is 2. The zero-order valence-electron chi connectivity index (χ0n) is 18.9. The summed E-state index contributed by atoms with van der Waals surface area (Å²) in [5, 5.41) is 16.8. The monoisotopic (exact) mass is 479 g/mol. The number of allylic oxidation sites excluding steroid dienone is 2. The fourth-order valence-electron chi connectivity index (χ4n) is 3.82. The number of alkyl halides is 3. The number of aliphatic carboxylic acids is 2. The van der Waals surface area contributed by atoms with Crippen molar-refractivity contribution in [3.05, 3.63) is 12.2 Å². The van der Waals surface area contributed by atoms with E-state index < -0.39 is 23.5 Å². The SMILES string of the molecule is CCN(CC)C(=O)CN1CCCN(C(=O)C2(C(=O)O)CC=CCC2)CC1.O=C(O)C(F)(F)F. The lowest BCUT2D eigenvalue weighted by Crippen LogP contribution is -2.50. The Bertz CT molecular complexity index is 739. The highest BCUT2D eigenvalue weighted by Crippen LogP contribution is 2.35. The van der Waals surface area contributed by atoms with Gasteiger partial charge in [0.1, 0.15) is 5.41 Å². The minimum atomic E-state index is -5.08. The molecule has 0 aromatic rings. The van der Waals surface area contributed by atoms with Gasteiger partial charge in [0, 0.05) is 39.3 Å². The van der Waals surface area contributed by atoms with E-state index in [1.807, 2.05) is 30.9 Å². The lowest BCUT2D eigenvalue weighted by Gasteiger charge is -2.34. The summed E-state index contributed by atoms with van der Waals surface area (Å²) in [6, 6.07) is 0. The average Bonchev–Trinajstić information content (AvgIpc) is 2.99. The fourth-order valence-corrected chi connectivity index (χ4v) is 3.82. The van der Waals surface area contributed by atoms with Crippen LogP contribution in [0.5, 0.6) is 0 Å². The molecule has 1 atom stereocenters. The molecule has 0 spiro atoms. The van der Waals surface area contributed by atoms with Gasteiger partial charge in [-0.3, -0.25) is 19.3 Å². The van der Waals surface area contributed by atoms with Crippen molar-refractivity contribution in [2.75, 3.05) is 45.8 Å². The van der Waals surface area contributed by atoms with Gasteiger partial charge in [-0.25, -0.2) is 4.79 Å². The van der Waals surface area contributed by atoms with Crippen molar-refractivity contribution in [3.63, 3.8) is 0 Å². The van der Waals surface area contributed by atoms with Gasteiger partial charge in [-0.2, -0.15) is 13.2 Å². The van der Waals surface area contributed by atoms with Crippen molar-refractivity contribution in [1.29, 1.82) is 0 Å². The first-order chi connectivity index (χ1) is 15.4. The molecular formula is C21H32F3N3O6. The zero-order chi connectivity index (χ0) is 25.2. The Morgan fingerprint density at radius 1 is 1.00 bits per heavy atom. The van der Waals surface area contributed by atoms with Crippen LogP contribution in [-0.2, 0) is 19.2 Å². The van der Waals surface area contributed by atoms with Gasteiger partial charge in [0.2, 0.25) is 11.8 Å². The van der Waals surface area contributed by atoms with Gasteiger partial charge in [-0.1, -0.05) is 12.2 Å². The van der Waals surface area contributed by atoms with E-state index in [1.165, 1.54) is 0 Å². The van der Waals surface area contributed by atoms with Gasteiger partial charge in [-0.05, 0) is 39.5 Å². The van der Waals surface area contributed by atoms with Gasteiger partial charge in [0.25, 0.3) is 0 Å². The average molecular weight is 479 g/mol. The molecule has 0 bridgehead atoms. The first kappa shape index (κ1) is 28.4. The summed E-state index contributed by atoms with van der Waals surface area (Å²) in [5.41, 5.74) is -1.32. The van der Waals surface area contributed by atoms with E-state index >= 15 is 0 Å². The van der Waals surface area contributed by atoms with E-state index in [-0.39, 0.29) is 18.2 Å². The Labute approximate surface area is 190 Å². The summed E-state index contributed by atoms with van der Waals surface area (Å²) < 4.78 is 31.7. The van der Waals surface area contributed by atoms with Crippen LogP contribution in [0.15, 0.2) is 12.2 Å². The second-order valence-electron chi connectivity index (χ2n) is 7.89. The van der Waals surface area contributed by atoms with Crippen molar-refractivity contribution >= 4 is 23.8 Å². The predicted octanol–water partition coefficient (Wildman–Crippen LogP) is 1.83. The zero-order valence-corrected chi connectivity index (χ0v) is 18.9. The number of carboxylic acid groups (broad SMARTS) is 2. The molecule has 0 saturated carbocycles. The minimum absolute atomic E-state index is 0.106. The third-order valence-electron chi connectivity index (χ3n) is 5.78. The maximum absolute atomic E-state index is 13.0. The summed E-state index contributed by atoms with van der Waals surface area (Å²) in [6.07, 6.45) is 0.666. The Morgan fingerprint density at radius 2 is 1.61 bits per heavy atom. The third kappa shape index (κ3) is 8.02. The van der Waals surface area contributed by atoms with Gasteiger partial charge in [-0.15, -0.1) is 0 Å². The number of nitrogens with zero attached hydrogens (tertiary/aromatic N) is 3. The van der Waals surface area contributed by atoms with Crippen LogP contribution in [0, 0.1) is 5.41 Å². The third-order valence-corrected chi connectivity index (χ3v) is 5.78. The van der Waals surface area contributed by atoms with Crippen LogP contribution in [0.3, 0.4) is 0 Å². The molecule has 2 rings (SSSR count). The Morgan fingerprint density at radius 3 is 2.06 bits per heavy atom. The summed E-state index contributed by atoms with van der Waals surface area (Å²) in [7, 11) is 0. The molecule has 1 fully saturated rings. The second kappa shape index (κ2) is 12.6.